The Morgan fingerprint density at radius 3 is 1.82 bits per heavy atom. The number of nitrogens with zero attached hydrogens (tertiary/aromatic N) is 2. The van der Waals surface area contributed by atoms with Crippen LogP contribution in [0.1, 0.15) is 131 Å². The molecule has 0 saturated carbocycles. The zero-order valence-electron chi connectivity index (χ0n) is 38.0. The Kier molecular flexibility index (Phi) is 7.41. The van der Waals surface area contributed by atoms with Crippen molar-refractivity contribution < 1.29 is 4.42 Å². The summed E-state index contributed by atoms with van der Waals surface area (Å²) in [4.78, 5) is 2.69. The van der Waals surface area contributed by atoms with Crippen molar-refractivity contribution in [1.29, 1.82) is 0 Å². The van der Waals surface area contributed by atoms with E-state index in [0.717, 1.165) is 11.2 Å². The Labute approximate surface area is 356 Å². The molecule has 2 aromatic heterocycles. The minimum absolute atomic E-state index is 0.0288. The van der Waals surface area contributed by atoms with Gasteiger partial charge >= 0.3 is 6.85 Å². The van der Waals surface area contributed by atoms with E-state index in [0.29, 0.717) is 0 Å². The highest BCUT2D eigenvalue weighted by molar-refractivity contribution is 6.94. The van der Waals surface area contributed by atoms with Gasteiger partial charge in [-0.2, -0.15) is 0 Å². The Morgan fingerprint density at radius 2 is 1.17 bits per heavy atom. The molecule has 0 saturated heterocycles. The van der Waals surface area contributed by atoms with Crippen LogP contribution < -0.4 is 15.7 Å². The van der Waals surface area contributed by atoms with Crippen molar-refractivity contribution in [2.45, 2.75) is 130 Å². The fourth-order valence-electron chi connectivity index (χ4n) is 11.2. The van der Waals surface area contributed by atoms with E-state index < -0.39 is 0 Å². The first-order chi connectivity index (χ1) is 28.1. The number of fused-ring (bicyclic) bond motifs is 14. The minimum atomic E-state index is -0.0781. The summed E-state index contributed by atoms with van der Waals surface area (Å²) < 4.78 is 9.90. The molecule has 3 aliphatic rings. The topological polar surface area (TPSA) is 21.3 Å². The number of para-hydroxylation sites is 1. The van der Waals surface area contributed by atoms with Crippen LogP contribution in [0.4, 0.5) is 11.4 Å². The Bertz CT molecular complexity index is 3150. The molecule has 4 heteroatoms. The maximum Gasteiger partial charge on any atom is 0.333 e. The number of aromatic nitrogens is 1. The summed E-state index contributed by atoms with van der Waals surface area (Å²) in [7, 11) is 0. The van der Waals surface area contributed by atoms with Gasteiger partial charge in [-0.05, 0) is 133 Å². The van der Waals surface area contributed by atoms with Gasteiger partial charge in [-0.25, -0.2) is 0 Å². The number of rotatable bonds is 1. The van der Waals surface area contributed by atoms with Crippen LogP contribution in [0.15, 0.2) is 101 Å². The molecular weight excluding hydrogens is 727 g/mol. The predicted octanol–water partition coefficient (Wildman–Crippen LogP) is 14.2. The highest BCUT2D eigenvalue weighted by atomic mass is 16.3. The number of benzene rings is 6. The predicted molar refractivity (Wildman–Crippen MR) is 258 cm³/mol. The van der Waals surface area contributed by atoms with Crippen LogP contribution in [-0.2, 0) is 27.1 Å². The van der Waals surface area contributed by atoms with E-state index in [2.05, 4.69) is 196 Å². The molecule has 0 atom stereocenters. The Balaban J connectivity index is 1.40. The summed E-state index contributed by atoms with van der Waals surface area (Å²) >= 11 is 0. The van der Waals surface area contributed by atoms with Crippen molar-refractivity contribution in [1.82, 2.24) is 4.57 Å². The van der Waals surface area contributed by atoms with Gasteiger partial charge in [-0.1, -0.05) is 139 Å². The SMILES string of the molecule is CC(C)(C)c1ccc(N2B3c4cc(C(C)(C)C)ccc4-n4c5cc6c(cc5c5c7oc8ccccc8c7c(c3c54)-c3cc(C(C)(C)C)ccc32)C(C)(C)CCC6(C)C)cc1. The molecule has 4 heterocycles. The van der Waals surface area contributed by atoms with Crippen LogP contribution in [0.3, 0.4) is 0 Å². The highest BCUT2D eigenvalue weighted by Gasteiger charge is 2.47. The van der Waals surface area contributed by atoms with Gasteiger partial charge in [0.25, 0.3) is 0 Å². The van der Waals surface area contributed by atoms with E-state index in [-0.39, 0.29) is 33.9 Å². The number of furan rings is 1. The van der Waals surface area contributed by atoms with Crippen LogP contribution in [0.5, 0.6) is 0 Å². The molecule has 0 unspecified atom stereocenters. The fraction of sp³-hybridized carbons (Fsp3) is 0.357. The number of anilines is 2. The van der Waals surface area contributed by atoms with Crippen LogP contribution >= 0.6 is 0 Å². The molecule has 3 nitrogen and oxygen atoms in total. The maximum atomic E-state index is 7.24. The van der Waals surface area contributed by atoms with Gasteiger partial charge in [0.05, 0.1) is 16.4 Å². The van der Waals surface area contributed by atoms with Crippen LogP contribution in [0.2, 0.25) is 0 Å². The molecule has 8 aromatic rings. The highest BCUT2D eigenvalue weighted by Crippen LogP contribution is 2.54. The van der Waals surface area contributed by atoms with E-state index >= 15 is 0 Å². The van der Waals surface area contributed by atoms with Gasteiger partial charge in [-0.3, -0.25) is 0 Å². The zero-order valence-corrected chi connectivity index (χ0v) is 38.0. The molecule has 6 aromatic carbocycles. The summed E-state index contributed by atoms with van der Waals surface area (Å²) in [6, 6.07) is 38.1. The number of hydrogen-bond acceptors (Lipinski definition) is 2. The molecule has 0 N–H and O–H groups in total. The fourth-order valence-corrected chi connectivity index (χ4v) is 11.2. The Hall–Kier alpha value is -5.22. The van der Waals surface area contributed by atoms with Crippen molar-refractivity contribution in [3.63, 3.8) is 0 Å². The van der Waals surface area contributed by atoms with Gasteiger partial charge in [0, 0.05) is 38.8 Å². The van der Waals surface area contributed by atoms with Gasteiger partial charge in [-0.15, -0.1) is 0 Å². The quantitative estimate of drug-likeness (QED) is 0.155. The third kappa shape index (κ3) is 5.09. The second-order valence-corrected chi connectivity index (χ2v) is 22.9. The lowest BCUT2D eigenvalue weighted by Crippen LogP contribution is -2.60. The first-order valence-electron chi connectivity index (χ1n) is 22.3. The average Bonchev–Trinajstić information content (AvgIpc) is 3.73. The third-order valence-corrected chi connectivity index (χ3v) is 14.9. The summed E-state index contributed by atoms with van der Waals surface area (Å²) in [6.07, 6.45) is 2.34. The molecule has 0 spiro atoms. The smallest absolute Gasteiger partial charge is 0.333 e. The van der Waals surface area contributed by atoms with Crippen LogP contribution in [0.25, 0.3) is 60.6 Å². The molecule has 0 fully saturated rings. The average molecular weight is 787 g/mol. The first-order valence-corrected chi connectivity index (χ1v) is 22.3. The molecule has 60 heavy (non-hydrogen) atoms. The summed E-state index contributed by atoms with van der Waals surface area (Å²) in [5, 5.41) is 4.96. The van der Waals surface area contributed by atoms with Gasteiger partial charge < -0.3 is 13.8 Å². The molecule has 0 amide bonds. The maximum absolute atomic E-state index is 7.24. The molecular formula is C56H59BN2O. The van der Waals surface area contributed by atoms with Gasteiger partial charge in [0.15, 0.2) is 0 Å². The van der Waals surface area contributed by atoms with Gasteiger partial charge in [0.1, 0.15) is 11.2 Å². The lowest BCUT2D eigenvalue weighted by molar-refractivity contribution is 0.332. The van der Waals surface area contributed by atoms with E-state index in [1.807, 2.05) is 0 Å². The van der Waals surface area contributed by atoms with E-state index in [9.17, 15) is 0 Å². The first kappa shape index (κ1) is 37.8. The number of hydrogen-bond donors (Lipinski definition) is 0. The Morgan fingerprint density at radius 1 is 0.583 bits per heavy atom. The summed E-state index contributed by atoms with van der Waals surface area (Å²) in [5.74, 6) is 0. The summed E-state index contributed by atoms with van der Waals surface area (Å²) in [6.45, 7) is 30.7. The van der Waals surface area contributed by atoms with E-state index in [4.69, 9.17) is 4.42 Å². The molecule has 2 aliphatic heterocycles. The molecule has 1 aliphatic carbocycles. The standard InChI is InChI=1S/C56H59BN2O/c1-52(2,3)32-18-22-35(23-19-32)59-42-24-20-33(53(4,5)6)28-37(42)46-47-36-16-14-15-17-45(36)60-51(47)48-38-30-39-40(56(12,13)27-26-55(39,10)11)31-44(38)58-43-25-21-34(54(7,8)9)29-41(43)57(59)49(46)50(48)58/h14-25,28-31H,26-27H2,1-13H3. The van der Waals surface area contributed by atoms with E-state index in [1.165, 1.54) is 112 Å². The second-order valence-electron chi connectivity index (χ2n) is 22.9. The minimum Gasteiger partial charge on any atom is -0.455 e. The van der Waals surface area contributed by atoms with Crippen LogP contribution in [-0.4, -0.2) is 11.4 Å². The normalized spacial score (nSPS) is 16.8. The third-order valence-electron chi connectivity index (χ3n) is 14.9. The zero-order chi connectivity index (χ0) is 42.2. The molecule has 11 rings (SSSR count). The molecule has 0 radical (unpaired) electrons. The molecule has 0 bridgehead atoms. The van der Waals surface area contributed by atoms with Crippen molar-refractivity contribution in [3.8, 4) is 16.8 Å². The lowest BCUT2D eigenvalue weighted by Gasteiger charge is -2.43. The van der Waals surface area contributed by atoms with Crippen LogP contribution in [0, 0.1) is 0 Å². The van der Waals surface area contributed by atoms with Crippen molar-refractivity contribution >= 4 is 72.9 Å². The lowest BCUT2D eigenvalue weighted by atomic mass is 9.43. The second kappa shape index (κ2) is 11.8. The van der Waals surface area contributed by atoms with Gasteiger partial charge in [0.2, 0.25) is 0 Å². The van der Waals surface area contributed by atoms with Crippen molar-refractivity contribution in [3.05, 3.63) is 125 Å². The molecule has 302 valence electrons. The van der Waals surface area contributed by atoms with E-state index in [1.54, 1.807) is 0 Å². The summed E-state index contributed by atoms with van der Waals surface area (Å²) in [5.41, 5.74) is 20.7. The monoisotopic (exact) mass is 786 g/mol. The largest absolute Gasteiger partial charge is 0.455 e. The van der Waals surface area contributed by atoms with Crippen molar-refractivity contribution in [2.75, 3.05) is 4.81 Å². The van der Waals surface area contributed by atoms with Crippen molar-refractivity contribution in [2.24, 2.45) is 0 Å².